The first-order valence-electron chi connectivity index (χ1n) is 15.8. The summed E-state index contributed by atoms with van der Waals surface area (Å²) in [5, 5.41) is 8.30. The lowest BCUT2D eigenvalue weighted by Crippen LogP contribution is -2.71. The molecule has 0 saturated carbocycles. The summed E-state index contributed by atoms with van der Waals surface area (Å²) in [5.41, 5.74) is -0.409. The molecule has 0 bridgehead atoms. The molecule has 18 heteroatoms. The molecule has 2 aliphatic heterocycles. The Balaban J connectivity index is 1.73. The number of methoxy groups -OCH3 is 1. The number of amides is 3. The number of thioether (sulfide) groups is 1. The number of hydrogen-bond acceptors (Lipinski definition) is 15. The number of ether oxygens (including phenoxy) is 5. The van der Waals surface area contributed by atoms with Gasteiger partial charge in [-0.3, -0.25) is 19.8 Å². The van der Waals surface area contributed by atoms with Crippen molar-refractivity contribution in [3.63, 3.8) is 0 Å². The van der Waals surface area contributed by atoms with E-state index in [0.717, 1.165) is 12.0 Å². The molecule has 2 N–H and O–H groups in total. The molecule has 3 amide bonds. The fourth-order valence-corrected chi connectivity index (χ4v) is 5.70. The van der Waals surface area contributed by atoms with Gasteiger partial charge in [0, 0.05) is 33.4 Å². The normalized spacial score (nSPS) is 22.1. The highest BCUT2D eigenvalue weighted by Crippen LogP contribution is 2.41. The Morgan fingerprint density at radius 1 is 1.19 bits per heavy atom. The summed E-state index contributed by atoms with van der Waals surface area (Å²) < 4.78 is 76.6. The van der Waals surface area contributed by atoms with E-state index < -0.39 is 79.3 Å². The average Bonchev–Trinajstić information content (AvgIpc) is 3.44. The monoisotopic (exact) mass is 650 g/mol. The number of aromatic nitrogens is 1. The third-order valence-corrected chi connectivity index (χ3v) is 7.36. The van der Waals surface area contributed by atoms with Crippen LogP contribution >= 0.6 is 23.1 Å². The van der Waals surface area contributed by atoms with Crippen LogP contribution in [0.2, 0.25) is 0 Å². The number of carbonyl (C=O) groups excluding carboxylic acids is 5. The second-order valence-electron chi connectivity index (χ2n) is 8.76. The van der Waals surface area contributed by atoms with Crippen LogP contribution in [0.5, 0.6) is 0 Å². The lowest BCUT2D eigenvalue weighted by molar-refractivity contribution is -0.169. The Bertz CT molecular complexity index is 1540. The predicted molar refractivity (Wildman–Crippen MR) is 153 cm³/mol. The van der Waals surface area contributed by atoms with Gasteiger partial charge in [-0.1, -0.05) is 5.16 Å². The largest absolute Gasteiger partial charge is 0.511 e. The fraction of sp³-hybridized carbons (Fsp3) is 0.560. The number of oxime groups is 1. The molecule has 236 valence electrons. The molecule has 0 spiro atoms. The third kappa shape index (κ3) is 8.57. The fourth-order valence-electron chi connectivity index (χ4n) is 3.69. The molecule has 0 aromatic carbocycles. The summed E-state index contributed by atoms with van der Waals surface area (Å²) in [5.74, 6) is -2.45. The number of thiazole rings is 1. The summed E-state index contributed by atoms with van der Waals surface area (Å²) in [7, 11) is 2.51. The molecule has 1 unspecified atom stereocenters. The van der Waals surface area contributed by atoms with Crippen LogP contribution in [-0.4, -0.2) is 102 Å². The van der Waals surface area contributed by atoms with E-state index in [2.05, 4.69) is 20.2 Å². The maximum absolute atomic E-state index is 13.3. The molecule has 1 fully saturated rings. The summed E-state index contributed by atoms with van der Waals surface area (Å²) in [4.78, 5) is 73.9. The van der Waals surface area contributed by atoms with Crippen molar-refractivity contribution >= 4 is 64.0 Å². The molecule has 1 aromatic rings. The topological polar surface area (TPSA) is 193 Å². The van der Waals surface area contributed by atoms with Crippen molar-refractivity contribution in [3.05, 3.63) is 22.3 Å². The smallest absolute Gasteiger partial charge is 0.447 e. The molecule has 3 atom stereocenters. The van der Waals surface area contributed by atoms with Crippen molar-refractivity contribution in [1.29, 1.82) is 0 Å². The summed E-state index contributed by atoms with van der Waals surface area (Å²) >= 11 is 1.91. The number of esters is 1. The van der Waals surface area contributed by atoms with Crippen LogP contribution in [0.25, 0.3) is 0 Å². The van der Waals surface area contributed by atoms with Crippen LogP contribution in [-0.2, 0) is 42.9 Å². The molecule has 1 saturated heterocycles. The van der Waals surface area contributed by atoms with E-state index in [1.165, 1.54) is 31.2 Å². The van der Waals surface area contributed by atoms with Crippen LogP contribution in [0.3, 0.4) is 0 Å². The molecule has 43 heavy (non-hydrogen) atoms. The van der Waals surface area contributed by atoms with E-state index in [1.807, 2.05) is 5.32 Å². The Morgan fingerprint density at radius 3 is 2.58 bits per heavy atom. The van der Waals surface area contributed by atoms with Crippen LogP contribution in [0, 0.1) is 0 Å². The predicted octanol–water partition coefficient (Wildman–Crippen LogP) is 2.20. The summed E-state index contributed by atoms with van der Waals surface area (Å²) in [6.07, 6.45) is -8.16. The van der Waals surface area contributed by atoms with Gasteiger partial charge in [0.2, 0.25) is 6.29 Å². The Kier molecular flexibility index (Phi) is 8.57. The summed E-state index contributed by atoms with van der Waals surface area (Å²) in [6.45, 7) is -2.64. The van der Waals surface area contributed by atoms with Crippen molar-refractivity contribution in [3.8, 4) is 0 Å². The van der Waals surface area contributed by atoms with Crippen molar-refractivity contribution in [1.82, 2.24) is 15.2 Å². The highest BCUT2D eigenvalue weighted by molar-refractivity contribution is 8.00. The van der Waals surface area contributed by atoms with E-state index >= 15 is 0 Å². The minimum atomic E-state index is -3.60. The van der Waals surface area contributed by atoms with Crippen LogP contribution < -0.4 is 10.6 Å². The maximum atomic E-state index is 13.3. The lowest BCUT2D eigenvalue weighted by atomic mass is 10.0. The van der Waals surface area contributed by atoms with E-state index in [1.54, 1.807) is 13.8 Å². The zero-order valence-corrected chi connectivity index (χ0v) is 25.1. The molecule has 16 nitrogen and oxygen atoms in total. The van der Waals surface area contributed by atoms with Gasteiger partial charge in [-0.05, 0) is 33.1 Å². The van der Waals surface area contributed by atoms with Crippen LogP contribution in [0.15, 0.2) is 21.8 Å². The number of hydrogen-bond donors (Lipinski definition) is 2. The first kappa shape index (κ1) is 24.5. The number of nitrogens with one attached hydrogen (secondary N) is 2. The highest BCUT2D eigenvalue weighted by Gasteiger charge is 2.55. The van der Waals surface area contributed by atoms with Crippen molar-refractivity contribution < 1.29 is 62.1 Å². The number of β-lactam (4-membered cyclic amide) rings is 1. The molecule has 3 rings (SSSR count). The van der Waals surface area contributed by atoms with Gasteiger partial charge in [0.05, 0.1) is 20.2 Å². The quantitative estimate of drug-likeness (QED) is 0.0836. The lowest BCUT2D eigenvalue weighted by Gasteiger charge is -2.49. The van der Waals surface area contributed by atoms with E-state index in [4.69, 9.17) is 33.4 Å². The molecule has 1 aromatic heterocycles. The zero-order chi connectivity index (χ0) is 37.8. The minimum absolute atomic E-state index is 0.0385. The van der Waals surface area contributed by atoms with Gasteiger partial charge in [0.15, 0.2) is 10.8 Å². The molecule has 2 aliphatic rings. The Hall–Kier alpha value is -3.90. The second-order valence-corrected chi connectivity index (χ2v) is 10.7. The average molecular weight is 651 g/mol. The molecule has 0 aliphatic carbocycles. The first-order valence-corrected chi connectivity index (χ1v) is 14.2. The van der Waals surface area contributed by atoms with Gasteiger partial charge in [-0.15, -0.1) is 23.1 Å². The number of rotatable bonds is 12. The Labute approximate surface area is 265 Å². The van der Waals surface area contributed by atoms with Crippen molar-refractivity contribution in [2.24, 2.45) is 5.16 Å². The standard InChI is InChI=1S/C25H33N5O11S2/c1-11(2)38-24(34)28-23-26-15(10-43-23)16(29-37-7)19(31)27-17-20(32)30-18(14(8-36-6)9-42-21(17)30)22(33)40-13(5)41-25(35)39-12(3)4/h10-13,17,21H,8-9H2,1-7H3,(H,27,31)(H,26,28,34)/b29-16-/t13?,17-,21-/m1/s1/i1D3,2D3,11D. The van der Waals surface area contributed by atoms with Gasteiger partial charge in [-0.25, -0.2) is 19.4 Å². The highest BCUT2D eigenvalue weighted by atomic mass is 32.2. The molecule has 3 heterocycles. The summed E-state index contributed by atoms with van der Waals surface area (Å²) in [6, 6.07) is -1.17. The number of anilines is 1. The third-order valence-electron chi connectivity index (χ3n) is 5.26. The second kappa shape index (κ2) is 15.0. The minimum Gasteiger partial charge on any atom is -0.447 e. The van der Waals surface area contributed by atoms with Crippen LogP contribution in [0.4, 0.5) is 14.7 Å². The van der Waals surface area contributed by atoms with Crippen LogP contribution in [0.1, 0.15) is 49.8 Å². The SMILES string of the molecule is [2H]C([2H])([2H])C([2H])(OC(=O)Nc1nc(/C(=N/OC)C(=O)N[C@@H]2C(=O)N3C(C(=O)OC(C)OC(=O)OC(C)C)=C(COC)CS[C@H]23)cs1)C([2H])([2H])[2H]. The van der Waals surface area contributed by atoms with Crippen molar-refractivity contribution in [2.45, 2.75) is 64.4 Å². The molecular weight excluding hydrogens is 610 g/mol. The Morgan fingerprint density at radius 2 is 1.93 bits per heavy atom. The first-order chi connectivity index (χ1) is 23.1. The number of fused-ring (bicyclic) bond motifs is 1. The molecular formula is C25H33N5O11S2. The van der Waals surface area contributed by atoms with E-state index in [-0.39, 0.29) is 28.9 Å². The van der Waals surface area contributed by atoms with Gasteiger partial charge in [-0.2, -0.15) is 0 Å². The van der Waals surface area contributed by atoms with E-state index in [9.17, 15) is 24.0 Å². The van der Waals surface area contributed by atoms with Gasteiger partial charge < -0.3 is 33.8 Å². The van der Waals surface area contributed by atoms with Gasteiger partial charge in [0.1, 0.15) is 29.9 Å². The van der Waals surface area contributed by atoms with Gasteiger partial charge >= 0.3 is 18.2 Å². The van der Waals surface area contributed by atoms with Crippen molar-refractivity contribution in [2.75, 3.05) is 31.9 Å². The molecule has 0 radical (unpaired) electrons. The number of carbonyl (C=O) groups is 5. The maximum Gasteiger partial charge on any atom is 0.511 e. The van der Waals surface area contributed by atoms with E-state index in [0.29, 0.717) is 16.9 Å². The number of nitrogens with zero attached hydrogens (tertiary/aromatic N) is 3. The van der Waals surface area contributed by atoms with Gasteiger partial charge in [0.25, 0.3) is 11.8 Å². The zero-order valence-electron chi connectivity index (χ0n) is 30.4.